The monoisotopic (exact) mass is 324 g/mol. The molecule has 122 valence electrons. The zero-order valence-electron chi connectivity index (χ0n) is 13.1. The molecule has 0 aliphatic heterocycles. The quantitative estimate of drug-likeness (QED) is 0.765. The van der Waals surface area contributed by atoms with E-state index < -0.39 is 11.8 Å². The number of halogens is 1. The summed E-state index contributed by atoms with van der Waals surface area (Å²) >= 11 is 0. The Balaban J connectivity index is 1.63. The van der Waals surface area contributed by atoms with Crippen molar-refractivity contribution in [3.63, 3.8) is 0 Å². The van der Waals surface area contributed by atoms with Crippen LogP contribution in [0.25, 0.3) is 5.69 Å². The van der Waals surface area contributed by atoms with E-state index in [4.69, 9.17) is 0 Å². The van der Waals surface area contributed by atoms with Gasteiger partial charge in [0.05, 0.1) is 18.1 Å². The third-order valence-electron chi connectivity index (χ3n) is 3.67. The highest BCUT2D eigenvalue weighted by atomic mass is 19.1. The van der Waals surface area contributed by atoms with E-state index >= 15 is 0 Å². The van der Waals surface area contributed by atoms with E-state index in [1.807, 2.05) is 42.0 Å². The maximum atomic E-state index is 13.5. The first-order valence-electron chi connectivity index (χ1n) is 7.54. The second kappa shape index (κ2) is 6.95. The minimum Gasteiger partial charge on any atom is -0.331 e. The summed E-state index contributed by atoms with van der Waals surface area (Å²) in [4.78, 5) is 16.0. The molecule has 1 aromatic heterocycles. The Morgan fingerprint density at radius 1 is 1.17 bits per heavy atom. The molecule has 1 atom stereocenters. The zero-order valence-corrected chi connectivity index (χ0v) is 13.1. The highest BCUT2D eigenvalue weighted by molar-refractivity contribution is 5.89. The van der Waals surface area contributed by atoms with E-state index in [0.29, 0.717) is 0 Å². The van der Waals surface area contributed by atoms with E-state index in [1.165, 1.54) is 12.1 Å². The van der Waals surface area contributed by atoms with Crippen LogP contribution in [0.4, 0.5) is 14.9 Å². The Morgan fingerprint density at radius 2 is 1.92 bits per heavy atom. The lowest BCUT2D eigenvalue weighted by atomic mass is 10.1. The fourth-order valence-electron chi connectivity index (χ4n) is 2.35. The smallest absolute Gasteiger partial charge is 0.319 e. The lowest BCUT2D eigenvalue weighted by molar-refractivity contribution is 0.249. The van der Waals surface area contributed by atoms with Crippen LogP contribution in [0.5, 0.6) is 0 Å². The van der Waals surface area contributed by atoms with Crippen molar-refractivity contribution >= 4 is 11.7 Å². The zero-order chi connectivity index (χ0) is 16.9. The van der Waals surface area contributed by atoms with Crippen LogP contribution < -0.4 is 10.6 Å². The number of hydrogen-bond acceptors (Lipinski definition) is 2. The van der Waals surface area contributed by atoms with E-state index in [2.05, 4.69) is 15.6 Å². The van der Waals surface area contributed by atoms with Gasteiger partial charge < -0.3 is 15.2 Å². The summed E-state index contributed by atoms with van der Waals surface area (Å²) in [7, 11) is 0. The summed E-state index contributed by atoms with van der Waals surface area (Å²) in [6, 6.07) is 13.1. The van der Waals surface area contributed by atoms with E-state index in [-0.39, 0.29) is 11.7 Å². The van der Waals surface area contributed by atoms with Gasteiger partial charge >= 0.3 is 6.03 Å². The van der Waals surface area contributed by atoms with Gasteiger partial charge in [-0.2, -0.15) is 0 Å². The van der Waals surface area contributed by atoms with Crippen LogP contribution in [0.1, 0.15) is 18.5 Å². The molecule has 2 N–H and O–H groups in total. The summed E-state index contributed by atoms with van der Waals surface area (Å²) in [6.45, 7) is 1.87. The molecule has 5 nitrogen and oxygen atoms in total. The number of carbonyl (C=O) groups excluding carboxylic acids is 1. The molecule has 6 heteroatoms. The van der Waals surface area contributed by atoms with Crippen LogP contribution >= 0.6 is 0 Å². The number of aromatic nitrogens is 2. The molecule has 24 heavy (non-hydrogen) atoms. The molecule has 2 aromatic carbocycles. The maximum Gasteiger partial charge on any atom is 0.319 e. The van der Waals surface area contributed by atoms with E-state index in [9.17, 15) is 9.18 Å². The lowest BCUT2D eigenvalue weighted by Gasteiger charge is -2.16. The van der Waals surface area contributed by atoms with Crippen LogP contribution in [0.15, 0.2) is 67.3 Å². The van der Waals surface area contributed by atoms with Gasteiger partial charge in [0, 0.05) is 18.1 Å². The Labute approximate surface area is 139 Å². The molecular formula is C18H17FN4O. The molecule has 3 aromatic rings. The topological polar surface area (TPSA) is 59.0 Å². The summed E-state index contributed by atoms with van der Waals surface area (Å²) in [5, 5.41) is 5.30. The standard InChI is InChI=1S/C18H17FN4O/c1-13(21-18(24)22-17-5-3-2-4-16(17)19)14-6-8-15(9-7-14)23-11-10-20-12-23/h2-13H,1H3,(H2,21,22,24). The van der Waals surface area contributed by atoms with Gasteiger partial charge in [-0.1, -0.05) is 24.3 Å². The van der Waals surface area contributed by atoms with Gasteiger partial charge in [0.15, 0.2) is 0 Å². The molecule has 0 radical (unpaired) electrons. The number of hydrogen-bond donors (Lipinski definition) is 2. The highest BCUT2D eigenvalue weighted by Gasteiger charge is 2.11. The van der Waals surface area contributed by atoms with Crippen molar-refractivity contribution in [2.24, 2.45) is 0 Å². The average molecular weight is 324 g/mol. The van der Waals surface area contributed by atoms with E-state index in [0.717, 1.165) is 11.3 Å². The first kappa shape index (κ1) is 15.7. The number of amides is 2. The average Bonchev–Trinajstić information content (AvgIpc) is 3.11. The number of carbonyl (C=O) groups is 1. The first-order valence-corrected chi connectivity index (χ1v) is 7.54. The van der Waals surface area contributed by atoms with Crippen molar-refractivity contribution in [2.75, 3.05) is 5.32 Å². The Hall–Kier alpha value is -3.15. The van der Waals surface area contributed by atoms with Crippen LogP contribution in [0, 0.1) is 5.82 Å². The Morgan fingerprint density at radius 3 is 2.58 bits per heavy atom. The molecule has 1 unspecified atom stereocenters. The molecule has 2 amide bonds. The van der Waals surface area contributed by atoms with Crippen molar-refractivity contribution < 1.29 is 9.18 Å². The molecule has 3 rings (SSSR count). The van der Waals surface area contributed by atoms with Crippen molar-refractivity contribution in [2.45, 2.75) is 13.0 Å². The van der Waals surface area contributed by atoms with Gasteiger partial charge in [-0.3, -0.25) is 0 Å². The summed E-state index contributed by atoms with van der Waals surface area (Å²) in [5.74, 6) is -0.468. The summed E-state index contributed by atoms with van der Waals surface area (Å²) < 4.78 is 15.4. The lowest BCUT2D eigenvalue weighted by Crippen LogP contribution is -2.31. The minimum absolute atomic E-state index is 0.151. The van der Waals surface area contributed by atoms with Gasteiger partial charge in [0.2, 0.25) is 0 Å². The number of rotatable bonds is 4. The van der Waals surface area contributed by atoms with Gasteiger partial charge in [0.1, 0.15) is 5.82 Å². The number of para-hydroxylation sites is 1. The van der Waals surface area contributed by atoms with Crippen LogP contribution in [-0.2, 0) is 0 Å². The molecule has 0 spiro atoms. The highest BCUT2D eigenvalue weighted by Crippen LogP contribution is 2.17. The van der Waals surface area contributed by atoms with Gasteiger partial charge in [-0.25, -0.2) is 14.2 Å². The molecule has 1 heterocycles. The molecule has 0 aliphatic rings. The van der Waals surface area contributed by atoms with Crippen LogP contribution in [0.3, 0.4) is 0 Å². The summed E-state index contributed by atoms with van der Waals surface area (Å²) in [5.41, 5.74) is 2.08. The SMILES string of the molecule is CC(NC(=O)Nc1ccccc1F)c1ccc(-n2ccnc2)cc1. The Kier molecular flexibility index (Phi) is 4.56. The fourth-order valence-corrected chi connectivity index (χ4v) is 2.35. The fraction of sp³-hybridized carbons (Fsp3) is 0.111. The second-order valence-corrected chi connectivity index (χ2v) is 5.36. The molecule has 0 aliphatic carbocycles. The third kappa shape index (κ3) is 3.60. The number of imidazole rings is 1. The van der Waals surface area contributed by atoms with Crippen LogP contribution in [0.2, 0.25) is 0 Å². The van der Waals surface area contributed by atoms with Crippen molar-refractivity contribution in [1.82, 2.24) is 14.9 Å². The predicted molar refractivity (Wildman–Crippen MR) is 90.5 cm³/mol. The normalized spacial score (nSPS) is 11.8. The van der Waals surface area contributed by atoms with Crippen LogP contribution in [-0.4, -0.2) is 15.6 Å². The molecule has 0 saturated carbocycles. The largest absolute Gasteiger partial charge is 0.331 e. The number of nitrogens with zero attached hydrogens (tertiary/aromatic N) is 2. The molecular weight excluding hydrogens is 307 g/mol. The maximum absolute atomic E-state index is 13.5. The summed E-state index contributed by atoms with van der Waals surface area (Å²) in [6.07, 6.45) is 5.29. The number of urea groups is 1. The van der Waals surface area contributed by atoms with Gasteiger partial charge in [0.25, 0.3) is 0 Å². The number of nitrogens with one attached hydrogen (secondary N) is 2. The van der Waals surface area contributed by atoms with Crippen molar-refractivity contribution in [1.29, 1.82) is 0 Å². The predicted octanol–water partition coefficient (Wildman–Crippen LogP) is 3.89. The first-order chi connectivity index (χ1) is 11.6. The van der Waals surface area contributed by atoms with E-state index in [1.54, 1.807) is 24.7 Å². The van der Waals surface area contributed by atoms with Gasteiger partial charge in [-0.15, -0.1) is 0 Å². The molecule has 0 bridgehead atoms. The van der Waals surface area contributed by atoms with Crippen molar-refractivity contribution in [3.05, 3.63) is 78.6 Å². The molecule has 0 fully saturated rings. The Bertz CT molecular complexity index is 815. The minimum atomic E-state index is -0.468. The molecule has 0 saturated heterocycles. The third-order valence-corrected chi connectivity index (χ3v) is 3.67. The number of anilines is 1. The van der Waals surface area contributed by atoms with Gasteiger partial charge in [-0.05, 0) is 36.8 Å². The number of benzene rings is 2. The van der Waals surface area contributed by atoms with Crippen molar-refractivity contribution in [3.8, 4) is 5.69 Å². The second-order valence-electron chi connectivity index (χ2n) is 5.36.